The summed E-state index contributed by atoms with van der Waals surface area (Å²) < 4.78 is 46.0. The van der Waals surface area contributed by atoms with Gasteiger partial charge in [0.05, 0.1) is 6.61 Å². The third-order valence-electron chi connectivity index (χ3n) is 9.07. The summed E-state index contributed by atoms with van der Waals surface area (Å²) in [6, 6.07) is 0. The second-order valence-electron chi connectivity index (χ2n) is 9.97. The van der Waals surface area contributed by atoms with Crippen LogP contribution in [-0.4, -0.2) is 36.4 Å². The Balaban J connectivity index is 1.65. The zero-order valence-electron chi connectivity index (χ0n) is 16.3. The quantitative estimate of drug-likeness (QED) is 0.757. The first kappa shape index (κ1) is 19.7. The molecule has 4 rings (SSSR count). The van der Waals surface area contributed by atoms with Crippen molar-refractivity contribution in [3.8, 4) is 0 Å². The Bertz CT molecular complexity index is 620. The van der Waals surface area contributed by atoms with Gasteiger partial charge < -0.3 is 9.84 Å². The first-order valence-corrected chi connectivity index (χ1v) is 10.4. The lowest BCUT2D eigenvalue weighted by atomic mass is 9.44. The van der Waals surface area contributed by atoms with Gasteiger partial charge in [-0.1, -0.05) is 6.92 Å². The average Bonchev–Trinajstić information content (AvgIpc) is 2.90. The van der Waals surface area contributed by atoms with Crippen LogP contribution in [0.2, 0.25) is 0 Å². The van der Waals surface area contributed by atoms with Gasteiger partial charge in [-0.05, 0) is 80.5 Å². The van der Waals surface area contributed by atoms with E-state index in [1.165, 1.54) is 0 Å². The second-order valence-corrected chi connectivity index (χ2v) is 9.97. The summed E-state index contributed by atoms with van der Waals surface area (Å²) >= 11 is 0. The summed E-state index contributed by atoms with van der Waals surface area (Å²) in [5.74, 6) is 1.28. The van der Waals surface area contributed by atoms with Crippen molar-refractivity contribution in [2.75, 3.05) is 13.7 Å². The number of hydrogen-bond acceptors (Lipinski definition) is 3. The van der Waals surface area contributed by atoms with Crippen molar-refractivity contribution >= 4 is 5.78 Å². The van der Waals surface area contributed by atoms with Crippen molar-refractivity contribution in [1.29, 1.82) is 0 Å². The number of alkyl halides is 3. The van der Waals surface area contributed by atoms with Gasteiger partial charge in [0.2, 0.25) is 0 Å². The molecule has 7 atom stereocenters. The number of ketones is 1. The van der Waals surface area contributed by atoms with E-state index in [9.17, 15) is 23.1 Å². The maximum Gasteiger partial charge on any atom is 0.417 e. The number of carbonyl (C=O) groups excluding carboxylic acids is 1. The normalized spacial score (nSPS) is 50.1. The summed E-state index contributed by atoms with van der Waals surface area (Å²) in [6.45, 7) is 2.58. The number of halogens is 3. The molecule has 0 spiro atoms. The van der Waals surface area contributed by atoms with Crippen LogP contribution in [0.3, 0.4) is 0 Å². The van der Waals surface area contributed by atoms with Crippen LogP contribution in [-0.2, 0) is 9.53 Å². The van der Waals surface area contributed by atoms with Gasteiger partial charge in [0.15, 0.2) is 5.60 Å². The molecule has 0 aromatic carbocycles. The minimum absolute atomic E-state index is 0.166. The highest BCUT2D eigenvalue weighted by Gasteiger charge is 2.66. The largest absolute Gasteiger partial charge is 0.417 e. The number of fused-ring (bicyclic) bond motifs is 5. The molecule has 27 heavy (non-hydrogen) atoms. The highest BCUT2D eigenvalue weighted by Crippen LogP contribution is 2.67. The molecule has 4 saturated carbocycles. The predicted octanol–water partition coefficient (Wildman–Crippen LogP) is 4.52. The number of aliphatic hydroxyl groups is 1. The third kappa shape index (κ3) is 2.65. The number of rotatable bonds is 2. The summed E-state index contributed by atoms with van der Waals surface area (Å²) in [4.78, 5) is 12.5. The molecule has 154 valence electrons. The lowest BCUT2D eigenvalue weighted by Gasteiger charge is -2.62. The Morgan fingerprint density at radius 2 is 1.85 bits per heavy atom. The van der Waals surface area contributed by atoms with Gasteiger partial charge in [0.1, 0.15) is 5.78 Å². The first-order chi connectivity index (χ1) is 12.6. The molecular formula is C21H31F3O3. The molecule has 6 heteroatoms. The Morgan fingerprint density at radius 3 is 2.52 bits per heavy atom. The zero-order valence-corrected chi connectivity index (χ0v) is 16.3. The van der Waals surface area contributed by atoms with Gasteiger partial charge >= 0.3 is 6.18 Å². The molecule has 4 fully saturated rings. The molecule has 4 aliphatic carbocycles. The maximum absolute atomic E-state index is 13.5. The SMILES string of the molecule is COC[C@]12CC[C@](O)(C(F)(F)F)C[C@H]1CC[C@@H]1[C@@H]2CC[C@]2(C)C(=O)CC[C@@H]12. The van der Waals surface area contributed by atoms with Crippen LogP contribution in [0.15, 0.2) is 0 Å². The molecule has 3 nitrogen and oxygen atoms in total. The Kier molecular flexibility index (Phi) is 4.51. The molecule has 0 unspecified atom stereocenters. The molecule has 0 aliphatic heterocycles. The van der Waals surface area contributed by atoms with Crippen LogP contribution in [0.25, 0.3) is 0 Å². The monoisotopic (exact) mass is 388 g/mol. The second kappa shape index (κ2) is 6.19. The number of ether oxygens (including phenoxy) is 1. The van der Waals surface area contributed by atoms with E-state index in [1.807, 2.05) is 0 Å². The number of hydrogen-bond donors (Lipinski definition) is 1. The summed E-state index contributed by atoms with van der Waals surface area (Å²) in [5, 5.41) is 10.3. The molecule has 0 amide bonds. The van der Waals surface area contributed by atoms with Crippen LogP contribution < -0.4 is 0 Å². The van der Waals surface area contributed by atoms with Crippen molar-refractivity contribution in [3.63, 3.8) is 0 Å². The maximum atomic E-state index is 13.5. The fourth-order valence-electron chi connectivity index (χ4n) is 7.63. The Morgan fingerprint density at radius 1 is 1.11 bits per heavy atom. The van der Waals surface area contributed by atoms with Gasteiger partial charge in [-0.2, -0.15) is 13.2 Å². The smallest absolute Gasteiger partial charge is 0.384 e. The summed E-state index contributed by atoms with van der Waals surface area (Å²) in [6.07, 6.45) is 0.241. The van der Waals surface area contributed by atoms with E-state index in [0.29, 0.717) is 49.4 Å². The van der Waals surface area contributed by atoms with Crippen molar-refractivity contribution < 1.29 is 27.8 Å². The molecule has 0 bridgehead atoms. The van der Waals surface area contributed by atoms with E-state index in [1.54, 1.807) is 7.11 Å². The van der Waals surface area contributed by atoms with Crippen LogP contribution in [0.4, 0.5) is 13.2 Å². The van der Waals surface area contributed by atoms with E-state index in [0.717, 1.165) is 25.7 Å². The molecule has 0 radical (unpaired) electrons. The van der Waals surface area contributed by atoms with E-state index in [4.69, 9.17) is 4.74 Å². The lowest BCUT2D eigenvalue weighted by Crippen LogP contribution is -2.61. The van der Waals surface area contributed by atoms with E-state index in [-0.39, 0.29) is 29.6 Å². The Hall–Kier alpha value is -0.620. The Labute approximate surface area is 159 Å². The van der Waals surface area contributed by atoms with Crippen molar-refractivity contribution in [3.05, 3.63) is 0 Å². The van der Waals surface area contributed by atoms with Crippen LogP contribution in [0, 0.1) is 34.5 Å². The fourth-order valence-corrected chi connectivity index (χ4v) is 7.63. The average molecular weight is 388 g/mol. The number of Topliss-reactive ketones (excluding diaryl/α,β-unsaturated/α-hetero) is 1. The van der Waals surface area contributed by atoms with Crippen molar-refractivity contribution in [2.24, 2.45) is 34.5 Å². The standard InChI is InChI=1S/C21H31F3O3/c1-18-8-7-16-14(15(18)5-6-17(18)25)4-3-13-11-20(26,21(22,23)24)10-9-19(13,16)12-27-2/h13-16,26H,3-12H2,1-2H3/t13-,14+,15+,16+,18+,19-,20-/m1/s1. The summed E-state index contributed by atoms with van der Waals surface area (Å²) in [7, 11) is 1.63. The predicted molar refractivity (Wildman–Crippen MR) is 93.9 cm³/mol. The molecular weight excluding hydrogens is 357 g/mol. The molecule has 0 aromatic heterocycles. The van der Waals surface area contributed by atoms with E-state index in [2.05, 4.69) is 6.92 Å². The minimum Gasteiger partial charge on any atom is -0.384 e. The molecule has 0 saturated heterocycles. The molecule has 4 aliphatic rings. The lowest BCUT2D eigenvalue weighted by molar-refractivity contribution is -0.293. The first-order valence-electron chi connectivity index (χ1n) is 10.4. The summed E-state index contributed by atoms with van der Waals surface area (Å²) in [5.41, 5.74) is -3.08. The molecule has 1 N–H and O–H groups in total. The van der Waals surface area contributed by atoms with Crippen LogP contribution >= 0.6 is 0 Å². The fraction of sp³-hybridized carbons (Fsp3) is 0.952. The van der Waals surface area contributed by atoms with E-state index < -0.39 is 11.8 Å². The van der Waals surface area contributed by atoms with Crippen molar-refractivity contribution in [2.45, 2.75) is 76.5 Å². The third-order valence-corrected chi connectivity index (χ3v) is 9.07. The van der Waals surface area contributed by atoms with Gasteiger partial charge in [-0.3, -0.25) is 4.79 Å². The van der Waals surface area contributed by atoms with Crippen molar-refractivity contribution in [1.82, 2.24) is 0 Å². The van der Waals surface area contributed by atoms with Crippen LogP contribution in [0.1, 0.15) is 64.7 Å². The number of carbonyl (C=O) groups is 1. The number of methoxy groups -OCH3 is 1. The highest BCUT2D eigenvalue weighted by molar-refractivity contribution is 5.87. The van der Waals surface area contributed by atoms with Gasteiger partial charge in [0.25, 0.3) is 0 Å². The van der Waals surface area contributed by atoms with Gasteiger partial charge in [-0.15, -0.1) is 0 Å². The molecule has 0 heterocycles. The van der Waals surface area contributed by atoms with Crippen LogP contribution in [0.5, 0.6) is 0 Å². The van der Waals surface area contributed by atoms with Gasteiger partial charge in [0, 0.05) is 18.9 Å². The van der Waals surface area contributed by atoms with E-state index >= 15 is 0 Å². The van der Waals surface area contributed by atoms with Gasteiger partial charge in [-0.25, -0.2) is 0 Å². The molecule has 0 aromatic rings. The highest BCUT2D eigenvalue weighted by atomic mass is 19.4. The topological polar surface area (TPSA) is 46.5 Å². The minimum atomic E-state index is -4.58. The zero-order chi connectivity index (χ0) is 19.7.